The van der Waals surface area contributed by atoms with Crippen LogP contribution in [0.5, 0.6) is 11.5 Å². The Balaban J connectivity index is 1.74. The van der Waals surface area contributed by atoms with E-state index < -0.39 is 0 Å². The van der Waals surface area contributed by atoms with Gasteiger partial charge in [0.1, 0.15) is 18.5 Å². The van der Waals surface area contributed by atoms with Gasteiger partial charge in [-0.3, -0.25) is 0 Å². The SMILES string of the molecule is Cc1c2c(c(CC(C)C)c3ccc(CC(C)C)cc13)Oc1cc3ccc(C(C)C)cc3c3cc[n+](C)c-2c13. The molecule has 2 nitrogen and oxygen atoms in total. The molecule has 0 aliphatic carbocycles. The molecule has 2 heterocycles. The van der Waals surface area contributed by atoms with Crippen LogP contribution in [0, 0.1) is 18.8 Å². The Morgan fingerprint density at radius 1 is 0.763 bits per heavy atom. The molecule has 0 spiro atoms. The monoisotopic (exact) mass is 502 g/mol. The first-order valence-electron chi connectivity index (χ1n) is 14.3. The van der Waals surface area contributed by atoms with Gasteiger partial charge in [-0.05, 0) is 81.8 Å². The van der Waals surface area contributed by atoms with E-state index in [-0.39, 0.29) is 0 Å². The molecule has 0 saturated heterocycles. The van der Waals surface area contributed by atoms with Gasteiger partial charge in [0, 0.05) is 17.0 Å². The molecule has 6 rings (SSSR count). The second-order valence-electron chi connectivity index (χ2n) is 12.6. The van der Waals surface area contributed by atoms with E-state index in [4.69, 9.17) is 4.74 Å². The summed E-state index contributed by atoms with van der Waals surface area (Å²) < 4.78 is 9.30. The predicted molar refractivity (Wildman–Crippen MR) is 162 cm³/mol. The molecular formula is C36H40NO+. The Morgan fingerprint density at radius 3 is 2.24 bits per heavy atom. The first-order valence-corrected chi connectivity index (χ1v) is 14.3. The summed E-state index contributed by atoms with van der Waals surface area (Å²) in [6.45, 7) is 16.0. The van der Waals surface area contributed by atoms with Crippen molar-refractivity contribution < 1.29 is 9.30 Å². The zero-order valence-electron chi connectivity index (χ0n) is 24.2. The zero-order valence-corrected chi connectivity index (χ0v) is 24.2. The number of fused-ring (bicyclic) bond motifs is 5. The number of rotatable bonds is 5. The topological polar surface area (TPSA) is 13.1 Å². The minimum Gasteiger partial charge on any atom is -0.455 e. The number of hydrogen-bond acceptors (Lipinski definition) is 1. The number of pyridine rings is 1. The number of hydrogen-bond donors (Lipinski definition) is 0. The van der Waals surface area contributed by atoms with Crippen LogP contribution in [0.1, 0.15) is 69.7 Å². The summed E-state index contributed by atoms with van der Waals surface area (Å²) in [5.74, 6) is 3.68. The lowest BCUT2D eigenvalue weighted by Gasteiger charge is -2.26. The Kier molecular flexibility index (Phi) is 5.98. The number of nitrogens with zero attached hydrogens (tertiary/aromatic N) is 1. The van der Waals surface area contributed by atoms with Crippen molar-refractivity contribution in [3.63, 3.8) is 0 Å². The molecule has 5 aromatic rings. The molecule has 38 heavy (non-hydrogen) atoms. The van der Waals surface area contributed by atoms with Crippen molar-refractivity contribution in [3.05, 3.63) is 77.0 Å². The van der Waals surface area contributed by atoms with Gasteiger partial charge in [-0.25, -0.2) is 4.57 Å². The van der Waals surface area contributed by atoms with Gasteiger partial charge in [-0.1, -0.05) is 77.9 Å². The third-order valence-electron chi connectivity index (χ3n) is 8.29. The van der Waals surface area contributed by atoms with Crippen LogP contribution in [0.4, 0.5) is 0 Å². The zero-order chi connectivity index (χ0) is 26.9. The van der Waals surface area contributed by atoms with Crippen molar-refractivity contribution in [2.24, 2.45) is 18.9 Å². The Hall–Kier alpha value is -3.39. The van der Waals surface area contributed by atoms with Gasteiger partial charge in [-0.2, -0.15) is 0 Å². The van der Waals surface area contributed by atoms with Crippen molar-refractivity contribution >= 4 is 32.3 Å². The second-order valence-corrected chi connectivity index (χ2v) is 12.6. The van der Waals surface area contributed by atoms with E-state index in [1.807, 2.05) is 0 Å². The molecule has 0 fully saturated rings. The van der Waals surface area contributed by atoms with Gasteiger partial charge < -0.3 is 4.74 Å². The molecule has 1 aliphatic rings. The molecule has 4 aromatic carbocycles. The second kappa shape index (κ2) is 9.12. The highest BCUT2D eigenvalue weighted by atomic mass is 16.5. The van der Waals surface area contributed by atoms with Crippen molar-refractivity contribution in [2.75, 3.05) is 0 Å². The van der Waals surface area contributed by atoms with Gasteiger partial charge >= 0.3 is 0 Å². The van der Waals surface area contributed by atoms with Crippen molar-refractivity contribution in [2.45, 2.75) is 67.2 Å². The first kappa shape index (κ1) is 24.9. The van der Waals surface area contributed by atoms with Crippen molar-refractivity contribution in [3.8, 4) is 22.8 Å². The highest BCUT2D eigenvalue weighted by Gasteiger charge is 2.33. The van der Waals surface area contributed by atoms with Crippen LogP contribution in [-0.4, -0.2) is 0 Å². The van der Waals surface area contributed by atoms with E-state index >= 15 is 0 Å². The smallest absolute Gasteiger partial charge is 0.228 e. The fourth-order valence-electron chi connectivity index (χ4n) is 6.47. The molecule has 0 radical (unpaired) electrons. The minimum absolute atomic E-state index is 0.491. The number of benzene rings is 4. The summed E-state index contributed by atoms with van der Waals surface area (Å²) in [7, 11) is 2.18. The van der Waals surface area contributed by atoms with Crippen LogP contribution in [0.25, 0.3) is 43.6 Å². The van der Waals surface area contributed by atoms with Gasteiger partial charge in [0.05, 0.1) is 10.9 Å². The largest absolute Gasteiger partial charge is 0.455 e. The number of aryl methyl sites for hydroxylation is 2. The Labute approximate surface area is 227 Å². The number of aromatic nitrogens is 1. The van der Waals surface area contributed by atoms with Gasteiger partial charge in [0.25, 0.3) is 0 Å². The normalized spacial score (nSPS) is 12.8. The lowest BCUT2D eigenvalue weighted by atomic mass is 9.84. The van der Waals surface area contributed by atoms with Crippen LogP contribution in [-0.2, 0) is 19.9 Å². The molecule has 0 unspecified atom stereocenters. The quantitative estimate of drug-likeness (QED) is 0.169. The molecule has 1 aliphatic heterocycles. The summed E-state index contributed by atoms with van der Waals surface area (Å²) in [5, 5.41) is 7.75. The van der Waals surface area contributed by atoms with Crippen LogP contribution < -0.4 is 9.30 Å². The van der Waals surface area contributed by atoms with Crippen LogP contribution in [0.3, 0.4) is 0 Å². The molecule has 0 saturated carbocycles. The molecule has 194 valence electrons. The number of ether oxygens (including phenoxy) is 1. The minimum atomic E-state index is 0.491. The van der Waals surface area contributed by atoms with E-state index in [9.17, 15) is 0 Å². The maximum atomic E-state index is 6.99. The fraction of sp³-hybridized carbons (Fsp3) is 0.361. The van der Waals surface area contributed by atoms with E-state index in [2.05, 4.69) is 115 Å². The highest BCUT2D eigenvalue weighted by molar-refractivity contribution is 6.16. The highest BCUT2D eigenvalue weighted by Crippen LogP contribution is 2.52. The summed E-state index contributed by atoms with van der Waals surface area (Å²) in [6.07, 6.45) is 4.32. The molecule has 1 aromatic heterocycles. The van der Waals surface area contributed by atoms with E-state index in [0.29, 0.717) is 17.8 Å². The molecular weight excluding hydrogens is 462 g/mol. The lowest BCUT2D eigenvalue weighted by Crippen LogP contribution is -2.32. The molecule has 0 bridgehead atoms. The summed E-state index contributed by atoms with van der Waals surface area (Å²) in [6, 6.07) is 18.6. The van der Waals surface area contributed by atoms with Crippen LogP contribution >= 0.6 is 0 Å². The molecule has 2 heteroatoms. The maximum Gasteiger partial charge on any atom is 0.228 e. The summed E-state index contributed by atoms with van der Waals surface area (Å²) in [5.41, 5.74) is 7.98. The van der Waals surface area contributed by atoms with Gasteiger partial charge in [-0.15, -0.1) is 0 Å². The molecule has 0 N–H and O–H groups in total. The van der Waals surface area contributed by atoms with Crippen LogP contribution in [0.15, 0.2) is 54.7 Å². The third kappa shape index (κ3) is 3.88. The standard InChI is InChI=1S/C36H40NO/c1-20(2)15-24-9-12-27-29(17-24)23(7)33-35-34-28(13-14-37(35)8)30-18-25(22(5)6)10-11-26(30)19-32(34)38-36(33)31(27)16-21(3)4/h9-14,17-22H,15-16H2,1-8H3/q+1. The van der Waals surface area contributed by atoms with E-state index in [1.54, 1.807) is 0 Å². The third-order valence-corrected chi connectivity index (χ3v) is 8.29. The van der Waals surface area contributed by atoms with Gasteiger partial charge in [0.15, 0.2) is 6.20 Å². The van der Waals surface area contributed by atoms with Crippen LogP contribution in [0.2, 0.25) is 0 Å². The first-order chi connectivity index (χ1) is 18.1. The Bertz CT molecular complexity index is 1740. The molecule has 0 amide bonds. The predicted octanol–water partition coefficient (Wildman–Crippen LogP) is 9.57. The maximum absolute atomic E-state index is 6.99. The van der Waals surface area contributed by atoms with Crippen molar-refractivity contribution in [1.29, 1.82) is 0 Å². The van der Waals surface area contributed by atoms with Crippen molar-refractivity contribution in [1.82, 2.24) is 0 Å². The summed E-state index contributed by atoms with van der Waals surface area (Å²) >= 11 is 0. The lowest BCUT2D eigenvalue weighted by molar-refractivity contribution is -0.659. The molecule has 0 atom stereocenters. The average molecular weight is 503 g/mol. The van der Waals surface area contributed by atoms with Gasteiger partial charge in [0.2, 0.25) is 5.69 Å². The van der Waals surface area contributed by atoms with E-state index in [0.717, 1.165) is 24.3 Å². The fourth-order valence-corrected chi connectivity index (χ4v) is 6.47. The summed E-state index contributed by atoms with van der Waals surface area (Å²) in [4.78, 5) is 0. The van der Waals surface area contributed by atoms with E-state index in [1.165, 1.54) is 65.8 Å². The Morgan fingerprint density at radius 2 is 1.53 bits per heavy atom. The average Bonchev–Trinajstić information content (AvgIpc) is 2.86.